The van der Waals surface area contributed by atoms with Crippen molar-refractivity contribution in [2.24, 2.45) is 0 Å². The molecular formula is C20H20N6. The van der Waals surface area contributed by atoms with Gasteiger partial charge in [0.1, 0.15) is 23.1 Å². The summed E-state index contributed by atoms with van der Waals surface area (Å²) < 4.78 is 0. The predicted octanol–water partition coefficient (Wildman–Crippen LogP) is 3.83. The van der Waals surface area contributed by atoms with E-state index in [1.165, 1.54) is 11.1 Å². The Balaban J connectivity index is 1.78. The molecule has 0 bridgehead atoms. The third-order valence-electron chi connectivity index (χ3n) is 4.44. The number of aromatic amines is 1. The number of nitrogens with zero attached hydrogens (tertiary/aromatic N) is 3. The summed E-state index contributed by atoms with van der Waals surface area (Å²) in [6, 6.07) is 12.1. The molecule has 3 heterocycles. The number of nitrogens with two attached hydrogens (primary N) is 1. The van der Waals surface area contributed by atoms with Crippen LogP contribution in [0.4, 0.5) is 11.6 Å². The Morgan fingerprint density at radius 3 is 2.77 bits per heavy atom. The van der Waals surface area contributed by atoms with Crippen LogP contribution in [0.2, 0.25) is 0 Å². The molecule has 6 heteroatoms. The minimum atomic E-state index is 0.485. The quantitative estimate of drug-likeness (QED) is 0.523. The molecule has 1 aromatic carbocycles. The standard InChI is InChI=1S/C20H20N6/c1-12-5-3-4-6-15(12)10-23-19-18-16(14-7-8-22-17(21)9-14)11-24-20(18)26-13(2)25-19/h3-9,11H,10H2,1-2H3,(H2,21,22)(H2,23,24,25,26). The maximum atomic E-state index is 5.85. The molecule has 6 nitrogen and oxygen atoms in total. The average molecular weight is 344 g/mol. The highest BCUT2D eigenvalue weighted by Crippen LogP contribution is 2.33. The van der Waals surface area contributed by atoms with Gasteiger partial charge in [0, 0.05) is 24.5 Å². The van der Waals surface area contributed by atoms with Crippen molar-refractivity contribution in [1.29, 1.82) is 0 Å². The lowest BCUT2D eigenvalue weighted by Gasteiger charge is -2.11. The fourth-order valence-corrected chi connectivity index (χ4v) is 3.10. The molecule has 0 saturated carbocycles. The maximum absolute atomic E-state index is 5.85. The van der Waals surface area contributed by atoms with Gasteiger partial charge in [-0.05, 0) is 42.7 Å². The van der Waals surface area contributed by atoms with E-state index in [-0.39, 0.29) is 0 Å². The first kappa shape index (κ1) is 16.1. The van der Waals surface area contributed by atoms with Crippen LogP contribution in [-0.4, -0.2) is 19.9 Å². The third kappa shape index (κ3) is 2.97. The number of anilines is 2. The fraction of sp³-hybridized carbons (Fsp3) is 0.150. The van der Waals surface area contributed by atoms with Crippen molar-refractivity contribution in [3.05, 3.63) is 65.7 Å². The van der Waals surface area contributed by atoms with Gasteiger partial charge in [-0.15, -0.1) is 0 Å². The molecule has 4 aromatic rings. The Morgan fingerprint density at radius 2 is 1.96 bits per heavy atom. The number of pyridine rings is 1. The second-order valence-electron chi connectivity index (χ2n) is 6.29. The minimum Gasteiger partial charge on any atom is -0.384 e. The SMILES string of the molecule is Cc1nc(NCc2ccccc2C)c2c(-c3ccnc(N)c3)c[nH]c2n1. The van der Waals surface area contributed by atoms with Crippen molar-refractivity contribution in [2.75, 3.05) is 11.1 Å². The van der Waals surface area contributed by atoms with Crippen molar-refractivity contribution in [3.8, 4) is 11.1 Å². The highest BCUT2D eigenvalue weighted by molar-refractivity contribution is 6.01. The Labute approximate surface area is 151 Å². The molecule has 130 valence electrons. The zero-order valence-corrected chi connectivity index (χ0v) is 14.7. The highest BCUT2D eigenvalue weighted by atomic mass is 15.0. The van der Waals surface area contributed by atoms with Gasteiger partial charge in [-0.25, -0.2) is 15.0 Å². The van der Waals surface area contributed by atoms with Gasteiger partial charge >= 0.3 is 0 Å². The van der Waals surface area contributed by atoms with E-state index in [1.807, 2.05) is 37.4 Å². The number of fused-ring (bicyclic) bond motifs is 1. The monoisotopic (exact) mass is 344 g/mol. The lowest BCUT2D eigenvalue weighted by Crippen LogP contribution is -2.05. The van der Waals surface area contributed by atoms with Crippen LogP contribution in [0.1, 0.15) is 17.0 Å². The molecule has 3 aromatic heterocycles. The molecule has 0 aliphatic heterocycles. The molecule has 0 fully saturated rings. The van der Waals surface area contributed by atoms with Crippen LogP contribution in [0.5, 0.6) is 0 Å². The van der Waals surface area contributed by atoms with Crippen LogP contribution in [0.3, 0.4) is 0 Å². The molecule has 0 aliphatic rings. The van der Waals surface area contributed by atoms with Crippen LogP contribution in [-0.2, 0) is 6.54 Å². The lowest BCUT2D eigenvalue weighted by atomic mass is 10.1. The Bertz CT molecular complexity index is 1080. The van der Waals surface area contributed by atoms with Crippen molar-refractivity contribution < 1.29 is 0 Å². The van der Waals surface area contributed by atoms with Crippen LogP contribution < -0.4 is 11.1 Å². The van der Waals surface area contributed by atoms with Crippen molar-refractivity contribution in [1.82, 2.24) is 19.9 Å². The van der Waals surface area contributed by atoms with Crippen molar-refractivity contribution in [3.63, 3.8) is 0 Å². The number of nitrogen functional groups attached to an aromatic ring is 1. The van der Waals surface area contributed by atoms with E-state index in [9.17, 15) is 0 Å². The van der Waals surface area contributed by atoms with E-state index in [4.69, 9.17) is 5.73 Å². The number of aryl methyl sites for hydroxylation is 2. The molecule has 26 heavy (non-hydrogen) atoms. The molecule has 0 amide bonds. The van der Waals surface area contributed by atoms with Crippen molar-refractivity contribution in [2.45, 2.75) is 20.4 Å². The number of hydrogen-bond acceptors (Lipinski definition) is 5. The molecular weight excluding hydrogens is 324 g/mol. The van der Waals surface area contributed by atoms with E-state index in [1.54, 1.807) is 6.20 Å². The van der Waals surface area contributed by atoms with E-state index >= 15 is 0 Å². The summed E-state index contributed by atoms with van der Waals surface area (Å²) in [6.45, 7) is 4.70. The van der Waals surface area contributed by atoms with Gasteiger partial charge in [0.2, 0.25) is 0 Å². The molecule has 4 rings (SSSR count). The summed E-state index contributed by atoms with van der Waals surface area (Å²) in [5.74, 6) is 2.01. The summed E-state index contributed by atoms with van der Waals surface area (Å²) >= 11 is 0. The second kappa shape index (κ2) is 6.48. The first-order valence-corrected chi connectivity index (χ1v) is 8.48. The van der Waals surface area contributed by atoms with Gasteiger partial charge in [-0.3, -0.25) is 0 Å². The third-order valence-corrected chi connectivity index (χ3v) is 4.44. The smallest absolute Gasteiger partial charge is 0.143 e. The number of H-pyrrole nitrogens is 1. The normalized spacial score (nSPS) is 11.0. The van der Waals surface area contributed by atoms with Crippen LogP contribution in [0, 0.1) is 13.8 Å². The van der Waals surface area contributed by atoms with Gasteiger partial charge in [0.05, 0.1) is 5.39 Å². The van der Waals surface area contributed by atoms with Gasteiger partial charge in [0.25, 0.3) is 0 Å². The van der Waals surface area contributed by atoms with E-state index in [2.05, 4.69) is 44.3 Å². The molecule has 0 radical (unpaired) electrons. The molecule has 0 aliphatic carbocycles. The van der Waals surface area contributed by atoms with Crippen molar-refractivity contribution >= 4 is 22.7 Å². The summed E-state index contributed by atoms with van der Waals surface area (Å²) in [5, 5.41) is 4.43. The van der Waals surface area contributed by atoms with Gasteiger partial charge < -0.3 is 16.0 Å². The largest absolute Gasteiger partial charge is 0.384 e. The molecule has 0 saturated heterocycles. The van der Waals surface area contributed by atoms with Gasteiger partial charge in [-0.2, -0.15) is 0 Å². The maximum Gasteiger partial charge on any atom is 0.143 e. The zero-order valence-electron chi connectivity index (χ0n) is 14.7. The number of aromatic nitrogens is 4. The highest BCUT2D eigenvalue weighted by Gasteiger charge is 2.14. The molecule has 0 spiro atoms. The van der Waals surface area contributed by atoms with Crippen LogP contribution >= 0.6 is 0 Å². The van der Waals surface area contributed by atoms with E-state index in [0.29, 0.717) is 18.2 Å². The fourth-order valence-electron chi connectivity index (χ4n) is 3.10. The average Bonchev–Trinajstić information content (AvgIpc) is 3.04. The second-order valence-corrected chi connectivity index (χ2v) is 6.29. The number of nitrogens with one attached hydrogen (secondary N) is 2. The van der Waals surface area contributed by atoms with Gasteiger partial charge in [-0.1, -0.05) is 24.3 Å². The molecule has 0 unspecified atom stereocenters. The number of benzene rings is 1. The minimum absolute atomic E-state index is 0.485. The number of hydrogen-bond donors (Lipinski definition) is 3. The van der Waals surface area contributed by atoms with E-state index in [0.717, 1.165) is 28.0 Å². The summed E-state index contributed by atoms with van der Waals surface area (Å²) in [5.41, 5.74) is 11.1. The van der Waals surface area contributed by atoms with E-state index < -0.39 is 0 Å². The summed E-state index contributed by atoms with van der Waals surface area (Å²) in [6.07, 6.45) is 3.64. The first-order valence-electron chi connectivity index (χ1n) is 8.48. The topological polar surface area (TPSA) is 92.5 Å². The Morgan fingerprint density at radius 1 is 1.12 bits per heavy atom. The molecule has 4 N–H and O–H groups in total. The first-order chi connectivity index (χ1) is 12.6. The number of rotatable bonds is 4. The Hall–Kier alpha value is -3.41. The van der Waals surface area contributed by atoms with Crippen LogP contribution in [0.15, 0.2) is 48.8 Å². The predicted molar refractivity (Wildman–Crippen MR) is 105 cm³/mol. The van der Waals surface area contributed by atoms with Gasteiger partial charge in [0.15, 0.2) is 0 Å². The summed E-state index contributed by atoms with van der Waals surface area (Å²) in [7, 11) is 0. The lowest BCUT2D eigenvalue weighted by molar-refractivity contribution is 1.04. The van der Waals surface area contributed by atoms with Crippen LogP contribution in [0.25, 0.3) is 22.2 Å². The Kier molecular flexibility index (Phi) is 4.01. The summed E-state index contributed by atoms with van der Waals surface area (Å²) in [4.78, 5) is 16.5. The molecule has 0 atom stereocenters. The zero-order chi connectivity index (χ0) is 18.1.